The standard InChI is InChI=1S/C17H28N4/c1-14-8-10-21(11-9-14)17-12-16(18-13-19-17)20-15-6-4-2-3-5-7-15/h12-15H,2-11H2,1H3,(H,18,19,20). The Labute approximate surface area is 128 Å². The topological polar surface area (TPSA) is 41.0 Å². The third-order valence-corrected chi connectivity index (χ3v) is 4.97. The fourth-order valence-corrected chi connectivity index (χ4v) is 3.47. The Morgan fingerprint density at radius 1 is 1.00 bits per heavy atom. The second-order valence-corrected chi connectivity index (χ2v) is 6.76. The summed E-state index contributed by atoms with van der Waals surface area (Å²) in [5.41, 5.74) is 0. The van der Waals surface area contributed by atoms with Crippen LogP contribution in [0.1, 0.15) is 58.3 Å². The Morgan fingerprint density at radius 2 is 1.71 bits per heavy atom. The zero-order valence-corrected chi connectivity index (χ0v) is 13.2. The van der Waals surface area contributed by atoms with Gasteiger partial charge in [0.15, 0.2) is 0 Å². The van der Waals surface area contributed by atoms with Crippen LogP contribution < -0.4 is 10.2 Å². The number of nitrogens with zero attached hydrogens (tertiary/aromatic N) is 3. The smallest absolute Gasteiger partial charge is 0.134 e. The highest BCUT2D eigenvalue weighted by Crippen LogP contribution is 2.24. The minimum atomic E-state index is 0.594. The Bertz CT molecular complexity index is 432. The van der Waals surface area contributed by atoms with Crippen LogP contribution in [0, 0.1) is 5.92 Å². The monoisotopic (exact) mass is 288 g/mol. The van der Waals surface area contributed by atoms with E-state index in [4.69, 9.17) is 0 Å². The second kappa shape index (κ2) is 7.10. The van der Waals surface area contributed by atoms with Gasteiger partial charge in [-0.1, -0.05) is 32.6 Å². The zero-order valence-electron chi connectivity index (χ0n) is 13.2. The molecule has 0 bridgehead atoms. The third-order valence-electron chi connectivity index (χ3n) is 4.97. The average molecular weight is 288 g/mol. The van der Waals surface area contributed by atoms with E-state index < -0.39 is 0 Å². The maximum absolute atomic E-state index is 4.47. The van der Waals surface area contributed by atoms with E-state index in [0.29, 0.717) is 6.04 Å². The van der Waals surface area contributed by atoms with Crippen LogP contribution in [0.2, 0.25) is 0 Å². The highest BCUT2D eigenvalue weighted by molar-refractivity contribution is 5.49. The predicted molar refractivity (Wildman–Crippen MR) is 87.8 cm³/mol. The van der Waals surface area contributed by atoms with Crippen molar-refractivity contribution in [3.8, 4) is 0 Å². The van der Waals surface area contributed by atoms with Crippen LogP contribution in [0.3, 0.4) is 0 Å². The number of nitrogens with one attached hydrogen (secondary N) is 1. The first-order chi connectivity index (χ1) is 10.3. The first kappa shape index (κ1) is 14.6. The van der Waals surface area contributed by atoms with E-state index in [1.807, 2.05) is 0 Å². The molecule has 2 heterocycles. The van der Waals surface area contributed by atoms with Crippen molar-refractivity contribution < 1.29 is 0 Å². The number of aromatic nitrogens is 2. The molecule has 1 aliphatic heterocycles. The molecule has 116 valence electrons. The fourth-order valence-electron chi connectivity index (χ4n) is 3.47. The molecule has 1 aliphatic carbocycles. The van der Waals surface area contributed by atoms with Gasteiger partial charge in [-0.15, -0.1) is 0 Å². The normalized spacial score (nSPS) is 22.0. The number of hydrogen-bond acceptors (Lipinski definition) is 4. The van der Waals surface area contributed by atoms with Crippen molar-refractivity contribution in [1.82, 2.24) is 9.97 Å². The van der Waals surface area contributed by atoms with Crippen LogP contribution in [-0.4, -0.2) is 29.1 Å². The van der Waals surface area contributed by atoms with Gasteiger partial charge in [0.25, 0.3) is 0 Å². The summed E-state index contributed by atoms with van der Waals surface area (Å²) in [4.78, 5) is 11.3. The molecule has 0 amide bonds. The second-order valence-electron chi connectivity index (χ2n) is 6.76. The summed E-state index contributed by atoms with van der Waals surface area (Å²) in [5.74, 6) is 2.95. The molecule has 0 radical (unpaired) electrons. The minimum Gasteiger partial charge on any atom is -0.367 e. The molecular formula is C17H28N4. The molecule has 4 nitrogen and oxygen atoms in total. The molecule has 4 heteroatoms. The molecule has 2 fully saturated rings. The molecular weight excluding hydrogens is 260 g/mol. The van der Waals surface area contributed by atoms with Crippen molar-refractivity contribution in [2.24, 2.45) is 5.92 Å². The van der Waals surface area contributed by atoms with Crippen LogP contribution >= 0.6 is 0 Å². The van der Waals surface area contributed by atoms with Crippen molar-refractivity contribution in [3.63, 3.8) is 0 Å². The molecule has 0 spiro atoms. The van der Waals surface area contributed by atoms with Gasteiger partial charge in [0.05, 0.1) is 0 Å². The molecule has 0 atom stereocenters. The van der Waals surface area contributed by atoms with Gasteiger partial charge in [0.2, 0.25) is 0 Å². The lowest BCUT2D eigenvalue weighted by molar-refractivity contribution is 0.436. The Hall–Kier alpha value is -1.32. The van der Waals surface area contributed by atoms with E-state index in [0.717, 1.165) is 30.6 Å². The SMILES string of the molecule is CC1CCN(c2cc(NC3CCCCCC3)ncn2)CC1. The van der Waals surface area contributed by atoms with Crippen molar-refractivity contribution in [2.75, 3.05) is 23.3 Å². The number of rotatable bonds is 3. The molecule has 1 aromatic rings. The van der Waals surface area contributed by atoms with Crippen molar-refractivity contribution in [3.05, 3.63) is 12.4 Å². The summed E-state index contributed by atoms with van der Waals surface area (Å²) in [5, 5.41) is 3.63. The zero-order chi connectivity index (χ0) is 14.5. The van der Waals surface area contributed by atoms with Gasteiger partial charge in [0, 0.05) is 25.2 Å². The lowest BCUT2D eigenvalue weighted by Gasteiger charge is -2.31. The van der Waals surface area contributed by atoms with Gasteiger partial charge >= 0.3 is 0 Å². The van der Waals surface area contributed by atoms with E-state index >= 15 is 0 Å². The van der Waals surface area contributed by atoms with Crippen LogP contribution in [0.4, 0.5) is 11.6 Å². The summed E-state index contributed by atoms with van der Waals surface area (Å²) in [6.45, 7) is 4.60. The van der Waals surface area contributed by atoms with Crippen LogP contribution in [0.5, 0.6) is 0 Å². The molecule has 1 aromatic heterocycles. The van der Waals surface area contributed by atoms with Gasteiger partial charge in [-0.05, 0) is 31.6 Å². The number of piperidine rings is 1. The summed E-state index contributed by atoms with van der Waals surface area (Å²) in [6.07, 6.45) is 12.3. The summed E-state index contributed by atoms with van der Waals surface area (Å²) < 4.78 is 0. The van der Waals surface area contributed by atoms with Gasteiger partial charge in [-0.3, -0.25) is 0 Å². The van der Waals surface area contributed by atoms with Crippen molar-refractivity contribution in [1.29, 1.82) is 0 Å². The summed E-state index contributed by atoms with van der Waals surface area (Å²) in [6, 6.07) is 2.73. The molecule has 21 heavy (non-hydrogen) atoms. The van der Waals surface area contributed by atoms with E-state index in [9.17, 15) is 0 Å². The van der Waals surface area contributed by atoms with Crippen LogP contribution in [0.15, 0.2) is 12.4 Å². The van der Waals surface area contributed by atoms with Crippen molar-refractivity contribution >= 4 is 11.6 Å². The highest BCUT2D eigenvalue weighted by atomic mass is 15.2. The number of anilines is 2. The third kappa shape index (κ3) is 4.08. The maximum Gasteiger partial charge on any atom is 0.134 e. The van der Waals surface area contributed by atoms with Gasteiger partial charge < -0.3 is 10.2 Å². The molecule has 2 aliphatic rings. The lowest BCUT2D eigenvalue weighted by atomic mass is 9.99. The Balaban J connectivity index is 1.62. The van der Waals surface area contributed by atoms with Gasteiger partial charge in [0.1, 0.15) is 18.0 Å². The average Bonchev–Trinajstić information content (AvgIpc) is 2.77. The summed E-state index contributed by atoms with van der Waals surface area (Å²) in [7, 11) is 0. The van der Waals surface area contributed by atoms with E-state index in [2.05, 4.69) is 33.2 Å². The molecule has 1 saturated heterocycles. The van der Waals surface area contributed by atoms with E-state index in [-0.39, 0.29) is 0 Å². The molecule has 0 aromatic carbocycles. The van der Waals surface area contributed by atoms with E-state index in [1.54, 1.807) is 6.33 Å². The molecule has 0 unspecified atom stereocenters. The lowest BCUT2D eigenvalue weighted by Crippen LogP contribution is -2.33. The molecule has 1 N–H and O–H groups in total. The summed E-state index contributed by atoms with van der Waals surface area (Å²) >= 11 is 0. The largest absolute Gasteiger partial charge is 0.367 e. The molecule has 3 rings (SSSR count). The van der Waals surface area contributed by atoms with Gasteiger partial charge in [-0.2, -0.15) is 0 Å². The van der Waals surface area contributed by atoms with Crippen molar-refractivity contribution in [2.45, 2.75) is 64.3 Å². The Kier molecular flexibility index (Phi) is 4.94. The quantitative estimate of drug-likeness (QED) is 0.858. The maximum atomic E-state index is 4.47. The highest BCUT2D eigenvalue weighted by Gasteiger charge is 2.18. The molecule has 1 saturated carbocycles. The minimum absolute atomic E-state index is 0.594. The first-order valence-electron chi connectivity index (χ1n) is 8.65. The van der Waals surface area contributed by atoms with E-state index in [1.165, 1.54) is 51.4 Å². The predicted octanol–water partition coefficient (Wildman–Crippen LogP) is 3.85. The Morgan fingerprint density at radius 3 is 2.43 bits per heavy atom. The number of hydrogen-bond donors (Lipinski definition) is 1. The van der Waals surface area contributed by atoms with Crippen LogP contribution in [0.25, 0.3) is 0 Å². The van der Waals surface area contributed by atoms with Gasteiger partial charge in [-0.25, -0.2) is 9.97 Å². The van der Waals surface area contributed by atoms with Crippen LogP contribution in [-0.2, 0) is 0 Å². The fraction of sp³-hybridized carbons (Fsp3) is 0.765. The first-order valence-corrected chi connectivity index (χ1v) is 8.65.